The fourth-order valence-corrected chi connectivity index (χ4v) is 2.32. The minimum absolute atomic E-state index is 0.766. The molecule has 0 saturated carbocycles. The van der Waals surface area contributed by atoms with Gasteiger partial charge in [0.15, 0.2) is 0 Å². The van der Waals surface area contributed by atoms with Crippen LogP contribution in [0.15, 0.2) is 30.3 Å². The van der Waals surface area contributed by atoms with Crippen LogP contribution in [-0.4, -0.2) is 0 Å². The molecule has 86 valence electrons. The van der Waals surface area contributed by atoms with Gasteiger partial charge in [-0.2, -0.15) is 5.26 Å². The van der Waals surface area contributed by atoms with Crippen LogP contribution in [0.1, 0.15) is 20.9 Å². The summed E-state index contributed by atoms with van der Waals surface area (Å²) >= 11 is 1.54. The Bertz CT molecular complexity index is 564. The van der Waals surface area contributed by atoms with Crippen molar-refractivity contribution in [1.82, 2.24) is 0 Å². The normalized spacial score (nSPS) is 9.94. The number of rotatable bonds is 3. The van der Waals surface area contributed by atoms with Crippen molar-refractivity contribution in [2.24, 2.45) is 0 Å². The van der Waals surface area contributed by atoms with E-state index in [0.717, 1.165) is 17.1 Å². The first-order chi connectivity index (χ1) is 8.19. The van der Waals surface area contributed by atoms with E-state index in [1.165, 1.54) is 27.3 Å². The van der Waals surface area contributed by atoms with Gasteiger partial charge in [0, 0.05) is 17.1 Å². The minimum atomic E-state index is 0.766. The summed E-state index contributed by atoms with van der Waals surface area (Å²) < 4.78 is 0. The number of thiophene rings is 1. The highest BCUT2D eigenvalue weighted by Gasteiger charge is 2.00. The molecule has 1 aromatic carbocycles. The van der Waals surface area contributed by atoms with Crippen LogP contribution in [0.3, 0.4) is 0 Å². The lowest BCUT2D eigenvalue weighted by Crippen LogP contribution is -1.97. The molecule has 0 bridgehead atoms. The van der Waals surface area contributed by atoms with Crippen molar-refractivity contribution >= 4 is 17.0 Å². The molecule has 1 aromatic heterocycles. The number of benzene rings is 1. The van der Waals surface area contributed by atoms with Crippen molar-refractivity contribution in [3.63, 3.8) is 0 Å². The van der Waals surface area contributed by atoms with Gasteiger partial charge in [0.25, 0.3) is 0 Å². The summed E-state index contributed by atoms with van der Waals surface area (Å²) in [4.78, 5) is 1.95. The second-order valence-electron chi connectivity index (χ2n) is 4.03. The Kier molecular flexibility index (Phi) is 3.46. The highest BCUT2D eigenvalue weighted by molar-refractivity contribution is 7.12. The third kappa shape index (κ3) is 2.86. The molecule has 1 N–H and O–H groups in total. The third-order valence-corrected chi connectivity index (χ3v) is 3.74. The second kappa shape index (κ2) is 5.03. The predicted molar refractivity (Wildman–Crippen MR) is 72.3 cm³/mol. The lowest BCUT2D eigenvalue weighted by Gasteiger charge is -2.07. The van der Waals surface area contributed by atoms with E-state index in [9.17, 15) is 0 Å². The van der Waals surface area contributed by atoms with E-state index in [1.807, 2.05) is 12.1 Å². The Morgan fingerprint density at radius 2 is 2.00 bits per heavy atom. The third-order valence-electron chi connectivity index (χ3n) is 2.75. The van der Waals surface area contributed by atoms with Gasteiger partial charge in [-0.3, -0.25) is 0 Å². The lowest BCUT2D eigenvalue weighted by molar-refractivity contribution is 1.18. The summed E-state index contributed by atoms with van der Waals surface area (Å²) in [6, 6.07) is 12.4. The standard InChI is InChI=1S/C14H14N2S/c1-10-3-4-12(7-11(10)2)16-9-14-6-5-13(8-15)17-14/h3-7,16H,9H2,1-2H3. The number of hydrogen-bond acceptors (Lipinski definition) is 3. The van der Waals surface area contributed by atoms with Gasteiger partial charge in [-0.05, 0) is 49.2 Å². The average Bonchev–Trinajstić information content (AvgIpc) is 2.79. The molecule has 0 radical (unpaired) electrons. The molecule has 2 nitrogen and oxygen atoms in total. The first-order valence-corrected chi connectivity index (χ1v) is 6.30. The van der Waals surface area contributed by atoms with Crippen molar-refractivity contribution < 1.29 is 0 Å². The number of nitrogens with one attached hydrogen (secondary N) is 1. The van der Waals surface area contributed by atoms with Gasteiger partial charge >= 0.3 is 0 Å². The summed E-state index contributed by atoms with van der Waals surface area (Å²) in [7, 11) is 0. The van der Waals surface area contributed by atoms with Crippen molar-refractivity contribution in [1.29, 1.82) is 5.26 Å². The van der Waals surface area contributed by atoms with Crippen LogP contribution in [0, 0.1) is 25.2 Å². The Balaban J connectivity index is 2.02. The monoisotopic (exact) mass is 242 g/mol. The maximum atomic E-state index is 8.74. The number of nitrogens with zero attached hydrogens (tertiary/aromatic N) is 1. The van der Waals surface area contributed by atoms with Crippen LogP contribution in [0.4, 0.5) is 5.69 Å². The van der Waals surface area contributed by atoms with Gasteiger partial charge in [-0.25, -0.2) is 0 Å². The molecule has 0 aliphatic heterocycles. The summed E-state index contributed by atoms with van der Waals surface area (Å²) in [5.74, 6) is 0. The van der Waals surface area contributed by atoms with Gasteiger partial charge in [0.1, 0.15) is 10.9 Å². The quantitative estimate of drug-likeness (QED) is 0.887. The van der Waals surface area contributed by atoms with Crippen molar-refractivity contribution in [2.45, 2.75) is 20.4 Å². The highest BCUT2D eigenvalue weighted by atomic mass is 32.1. The van der Waals surface area contributed by atoms with Crippen LogP contribution < -0.4 is 5.32 Å². The molecule has 0 spiro atoms. The number of nitriles is 1. The van der Waals surface area contributed by atoms with E-state index in [4.69, 9.17) is 5.26 Å². The molecule has 0 unspecified atom stereocenters. The molecular weight excluding hydrogens is 228 g/mol. The van der Waals surface area contributed by atoms with Crippen LogP contribution in [0.2, 0.25) is 0 Å². The smallest absolute Gasteiger partial charge is 0.110 e. The molecule has 0 aliphatic rings. The van der Waals surface area contributed by atoms with E-state index in [1.54, 1.807) is 0 Å². The second-order valence-corrected chi connectivity index (χ2v) is 5.20. The first kappa shape index (κ1) is 11.7. The number of hydrogen-bond donors (Lipinski definition) is 1. The summed E-state index contributed by atoms with van der Waals surface area (Å²) in [6.45, 7) is 4.99. The molecular formula is C14H14N2S. The number of anilines is 1. The van der Waals surface area contributed by atoms with Crippen molar-refractivity contribution in [3.8, 4) is 6.07 Å². The predicted octanol–water partition coefficient (Wildman–Crippen LogP) is 3.85. The van der Waals surface area contributed by atoms with E-state index >= 15 is 0 Å². The fourth-order valence-electron chi connectivity index (χ4n) is 1.57. The van der Waals surface area contributed by atoms with Gasteiger partial charge in [-0.15, -0.1) is 11.3 Å². The zero-order chi connectivity index (χ0) is 12.3. The van der Waals surface area contributed by atoms with Crippen molar-refractivity contribution in [2.75, 3.05) is 5.32 Å². The van der Waals surface area contributed by atoms with E-state index in [-0.39, 0.29) is 0 Å². The maximum Gasteiger partial charge on any atom is 0.110 e. The molecule has 0 atom stereocenters. The average molecular weight is 242 g/mol. The molecule has 1 heterocycles. The summed E-state index contributed by atoms with van der Waals surface area (Å²) in [6.07, 6.45) is 0. The summed E-state index contributed by atoms with van der Waals surface area (Å²) in [5.41, 5.74) is 3.72. The van der Waals surface area contributed by atoms with Crippen molar-refractivity contribution in [3.05, 3.63) is 51.2 Å². The fraction of sp³-hybridized carbons (Fsp3) is 0.214. The molecule has 0 aliphatic carbocycles. The SMILES string of the molecule is Cc1ccc(NCc2ccc(C#N)s2)cc1C. The van der Waals surface area contributed by atoms with Crippen LogP contribution in [0.25, 0.3) is 0 Å². The topological polar surface area (TPSA) is 35.8 Å². The van der Waals surface area contributed by atoms with Crippen LogP contribution in [-0.2, 0) is 6.54 Å². The molecule has 2 rings (SSSR count). The Hall–Kier alpha value is -1.79. The van der Waals surface area contributed by atoms with E-state index in [2.05, 4.69) is 43.4 Å². The molecule has 3 heteroatoms. The number of aryl methyl sites for hydroxylation is 2. The largest absolute Gasteiger partial charge is 0.380 e. The zero-order valence-electron chi connectivity index (χ0n) is 9.95. The highest BCUT2D eigenvalue weighted by Crippen LogP contribution is 2.18. The van der Waals surface area contributed by atoms with Gasteiger partial charge in [0.2, 0.25) is 0 Å². The van der Waals surface area contributed by atoms with Gasteiger partial charge in [-0.1, -0.05) is 6.07 Å². The summed E-state index contributed by atoms with van der Waals surface area (Å²) in [5, 5.41) is 12.1. The Labute approximate surface area is 106 Å². The molecule has 0 amide bonds. The van der Waals surface area contributed by atoms with Gasteiger partial charge < -0.3 is 5.32 Å². The minimum Gasteiger partial charge on any atom is -0.380 e. The molecule has 17 heavy (non-hydrogen) atoms. The molecule has 2 aromatic rings. The molecule has 0 fully saturated rings. The first-order valence-electron chi connectivity index (χ1n) is 5.49. The molecule has 0 saturated heterocycles. The maximum absolute atomic E-state index is 8.74. The van der Waals surface area contributed by atoms with E-state index in [0.29, 0.717) is 0 Å². The Morgan fingerprint density at radius 1 is 1.18 bits per heavy atom. The lowest BCUT2D eigenvalue weighted by atomic mass is 10.1. The van der Waals surface area contributed by atoms with E-state index < -0.39 is 0 Å². The van der Waals surface area contributed by atoms with Crippen LogP contribution >= 0.6 is 11.3 Å². The Morgan fingerprint density at radius 3 is 2.65 bits per heavy atom. The van der Waals surface area contributed by atoms with Crippen LogP contribution in [0.5, 0.6) is 0 Å². The zero-order valence-corrected chi connectivity index (χ0v) is 10.8. The van der Waals surface area contributed by atoms with Gasteiger partial charge in [0.05, 0.1) is 0 Å².